The molecule has 2 aromatic rings. The summed E-state index contributed by atoms with van der Waals surface area (Å²) in [4.78, 5) is 4.62. The number of nitrogens with zero attached hydrogens (tertiary/aromatic N) is 1. The van der Waals surface area contributed by atoms with Crippen LogP contribution in [0.5, 0.6) is 5.75 Å². The molecule has 0 fully saturated rings. The van der Waals surface area contributed by atoms with Crippen molar-refractivity contribution in [3.05, 3.63) is 59.2 Å². The molecule has 2 N–H and O–H groups in total. The Bertz CT molecular complexity index is 946. The van der Waals surface area contributed by atoms with E-state index in [0.29, 0.717) is 23.9 Å². The molecule has 0 aliphatic heterocycles. The predicted octanol–water partition coefficient (Wildman–Crippen LogP) is 3.49. The van der Waals surface area contributed by atoms with E-state index in [1.165, 1.54) is 6.26 Å². The third kappa shape index (κ3) is 7.18. The molecule has 29 heavy (non-hydrogen) atoms. The third-order valence-corrected chi connectivity index (χ3v) is 5.82. The lowest BCUT2D eigenvalue weighted by Gasteiger charge is -2.18. The lowest BCUT2D eigenvalue weighted by atomic mass is 10.0. The molecule has 0 aliphatic carbocycles. The number of halogens is 1. The number of para-hydroxylation sites is 1. The van der Waals surface area contributed by atoms with Crippen molar-refractivity contribution >= 4 is 39.8 Å². The largest absolute Gasteiger partial charge is 0.496 e. The monoisotopic (exact) mass is 531 g/mol. The van der Waals surface area contributed by atoms with Gasteiger partial charge in [-0.15, -0.1) is 24.0 Å². The molecule has 0 bridgehead atoms. The zero-order valence-electron chi connectivity index (χ0n) is 17.5. The van der Waals surface area contributed by atoms with Crippen molar-refractivity contribution in [3.63, 3.8) is 0 Å². The molecule has 6 nitrogen and oxygen atoms in total. The smallest absolute Gasteiger partial charge is 0.191 e. The first-order chi connectivity index (χ1) is 13.3. The molecule has 0 aliphatic rings. The topological polar surface area (TPSA) is 79.8 Å². The van der Waals surface area contributed by atoms with E-state index >= 15 is 0 Å². The number of hydrogen-bond acceptors (Lipinski definition) is 4. The van der Waals surface area contributed by atoms with Crippen LogP contribution in [0, 0.1) is 6.92 Å². The summed E-state index contributed by atoms with van der Waals surface area (Å²) < 4.78 is 28.9. The average Bonchev–Trinajstić information content (AvgIpc) is 2.66. The Labute approximate surface area is 191 Å². The van der Waals surface area contributed by atoms with Gasteiger partial charge in [0.15, 0.2) is 15.8 Å². The van der Waals surface area contributed by atoms with Crippen molar-refractivity contribution < 1.29 is 13.2 Å². The third-order valence-electron chi connectivity index (χ3n) is 4.57. The fourth-order valence-electron chi connectivity index (χ4n) is 3.08. The molecule has 0 heterocycles. The molecular formula is C21H30IN3O3S. The van der Waals surface area contributed by atoms with Crippen LogP contribution in [0.25, 0.3) is 0 Å². The van der Waals surface area contributed by atoms with Crippen LogP contribution in [0.2, 0.25) is 0 Å². The lowest BCUT2D eigenvalue weighted by Crippen LogP contribution is -2.38. The molecule has 0 saturated heterocycles. The van der Waals surface area contributed by atoms with Crippen molar-refractivity contribution in [2.45, 2.75) is 31.2 Å². The molecule has 0 radical (unpaired) electrons. The summed E-state index contributed by atoms with van der Waals surface area (Å²) in [6, 6.07) is 13.3. The standard InChI is InChI=1S/C21H29N3O3S.HI/c1-15-12-17(10-11-20(15)28(5,25)26)14-24-21(22-3)23-13-16(2)18-8-6-7-9-19(18)27-4;/h6-12,16H,13-14H2,1-5H3,(H2,22,23,24);1H. The summed E-state index contributed by atoms with van der Waals surface area (Å²) in [6.45, 7) is 5.19. The molecule has 1 unspecified atom stereocenters. The van der Waals surface area contributed by atoms with Gasteiger partial charge in [-0.3, -0.25) is 4.99 Å². The fourth-order valence-corrected chi connectivity index (χ4v) is 4.04. The summed E-state index contributed by atoms with van der Waals surface area (Å²) in [5.41, 5.74) is 2.88. The summed E-state index contributed by atoms with van der Waals surface area (Å²) in [7, 11) is 0.197. The molecule has 2 rings (SSSR count). The highest BCUT2D eigenvalue weighted by molar-refractivity contribution is 14.0. The second-order valence-electron chi connectivity index (χ2n) is 6.82. The molecule has 0 amide bonds. The number of guanidine groups is 1. The highest BCUT2D eigenvalue weighted by Crippen LogP contribution is 2.25. The van der Waals surface area contributed by atoms with E-state index in [2.05, 4.69) is 28.6 Å². The van der Waals surface area contributed by atoms with Gasteiger partial charge in [-0.05, 0) is 35.7 Å². The van der Waals surface area contributed by atoms with E-state index in [4.69, 9.17) is 4.74 Å². The minimum Gasteiger partial charge on any atom is -0.496 e. The summed E-state index contributed by atoms with van der Waals surface area (Å²) in [5.74, 6) is 1.80. The van der Waals surface area contributed by atoms with Crippen LogP contribution in [-0.4, -0.2) is 41.3 Å². The van der Waals surface area contributed by atoms with Crippen molar-refractivity contribution in [2.24, 2.45) is 4.99 Å². The minimum absolute atomic E-state index is 0. The Morgan fingerprint density at radius 3 is 2.45 bits per heavy atom. The van der Waals surface area contributed by atoms with Gasteiger partial charge in [-0.1, -0.05) is 37.3 Å². The minimum atomic E-state index is -3.20. The van der Waals surface area contributed by atoms with E-state index in [9.17, 15) is 8.42 Å². The van der Waals surface area contributed by atoms with E-state index < -0.39 is 9.84 Å². The molecule has 2 aromatic carbocycles. The molecule has 160 valence electrons. The maximum Gasteiger partial charge on any atom is 0.191 e. The molecule has 0 spiro atoms. The van der Waals surface area contributed by atoms with Crippen LogP contribution < -0.4 is 15.4 Å². The van der Waals surface area contributed by atoms with Gasteiger partial charge in [-0.2, -0.15) is 0 Å². The van der Waals surface area contributed by atoms with Gasteiger partial charge in [0.25, 0.3) is 0 Å². The van der Waals surface area contributed by atoms with E-state index in [0.717, 1.165) is 22.4 Å². The van der Waals surface area contributed by atoms with Crippen LogP contribution in [0.4, 0.5) is 0 Å². The average molecular weight is 531 g/mol. The number of hydrogen-bond donors (Lipinski definition) is 2. The maximum atomic E-state index is 11.7. The predicted molar refractivity (Wildman–Crippen MR) is 129 cm³/mol. The number of benzene rings is 2. The van der Waals surface area contributed by atoms with Crippen LogP contribution in [0.3, 0.4) is 0 Å². The Balaban J connectivity index is 0.00000420. The lowest BCUT2D eigenvalue weighted by molar-refractivity contribution is 0.406. The number of rotatable bonds is 7. The Morgan fingerprint density at radius 1 is 1.17 bits per heavy atom. The van der Waals surface area contributed by atoms with Crippen LogP contribution in [0.1, 0.15) is 29.5 Å². The van der Waals surface area contributed by atoms with Gasteiger partial charge in [0.2, 0.25) is 0 Å². The Hall–Kier alpha value is -1.81. The van der Waals surface area contributed by atoms with Crippen LogP contribution in [0.15, 0.2) is 52.4 Å². The van der Waals surface area contributed by atoms with Gasteiger partial charge >= 0.3 is 0 Å². The van der Waals surface area contributed by atoms with Gasteiger partial charge in [-0.25, -0.2) is 8.42 Å². The SMILES string of the molecule is CN=C(NCc1ccc(S(C)(=O)=O)c(C)c1)NCC(C)c1ccccc1OC.I. The molecular weight excluding hydrogens is 501 g/mol. The number of sulfone groups is 1. The molecule has 0 saturated carbocycles. The van der Waals surface area contributed by atoms with Crippen molar-refractivity contribution in [1.82, 2.24) is 10.6 Å². The highest BCUT2D eigenvalue weighted by Gasteiger charge is 2.13. The van der Waals surface area contributed by atoms with Gasteiger partial charge in [0.05, 0.1) is 12.0 Å². The first kappa shape index (κ1) is 25.2. The zero-order chi connectivity index (χ0) is 20.7. The van der Waals surface area contributed by atoms with Gasteiger partial charge < -0.3 is 15.4 Å². The summed E-state index contributed by atoms with van der Waals surface area (Å²) >= 11 is 0. The molecule has 1 atom stereocenters. The van der Waals surface area contributed by atoms with Crippen LogP contribution in [-0.2, 0) is 16.4 Å². The van der Waals surface area contributed by atoms with E-state index in [-0.39, 0.29) is 29.9 Å². The van der Waals surface area contributed by atoms with Gasteiger partial charge in [0, 0.05) is 32.3 Å². The van der Waals surface area contributed by atoms with E-state index in [1.54, 1.807) is 20.2 Å². The van der Waals surface area contributed by atoms with Crippen LogP contribution >= 0.6 is 24.0 Å². The van der Waals surface area contributed by atoms with Crippen molar-refractivity contribution in [2.75, 3.05) is 27.0 Å². The second kappa shape index (κ2) is 11.4. The maximum absolute atomic E-state index is 11.7. The molecule has 8 heteroatoms. The first-order valence-electron chi connectivity index (χ1n) is 9.13. The fraction of sp³-hybridized carbons (Fsp3) is 0.381. The summed E-state index contributed by atoms with van der Waals surface area (Å²) in [6.07, 6.45) is 1.22. The number of methoxy groups -OCH3 is 1. The Morgan fingerprint density at radius 2 is 1.86 bits per heavy atom. The number of nitrogens with one attached hydrogen (secondary N) is 2. The quantitative estimate of drug-likeness (QED) is 0.325. The Kier molecular flexibility index (Phi) is 9.91. The highest BCUT2D eigenvalue weighted by atomic mass is 127. The molecule has 0 aromatic heterocycles. The van der Waals surface area contributed by atoms with Crippen molar-refractivity contribution in [3.8, 4) is 5.75 Å². The number of aryl methyl sites for hydroxylation is 1. The zero-order valence-corrected chi connectivity index (χ0v) is 20.7. The van der Waals surface area contributed by atoms with Gasteiger partial charge in [0.1, 0.15) is 5.75 Å². The summed E-state index contributed by atoms with van der Waals surface area (Å²) in [5, 5.41) is 6.59. The van der Waals surface area contributed by atoms with E-state index in [1.807, 2.05) is 37.3 Å². The van der Waals surface area contributed by atoms with Crippen molar-refractivity contribution in [1.29, 1.82) is 0 Å². The first-order valence-corrected chi connectivity index (χ1v) is 11.0. The number of aliphatic imine (C=N–C) groups is 1. The number of ether oxygens (including phenoxy) is 1. The normalized spacial score (nSPS) is 12.7. The second-order valence-corrected chi connectivity index (χ2v) is 8.81.